The Kier molecular flexibility index (Phi) is 5.00. The van der Waals surface area contributed by atoms with Crippen LogP contribution in [-0.4, -0.2) is 43.5 Å². The summed E-state index contributed by atoms with van der Waals surface area (Å²) in [5.74, 6) is 0.374. The Morgan fingerprint density at radius 3 is 2.65 bits per heavy atom. The standard InChI is InChI=1S/C14H17BrN2O3/c1-20-12-5-4-10(8-11(12)15)14(19)16-9-13(18)17-6-2-3-7-17/h4-5,8H,2-3,6-7,9H2,1H3,(H,16,19). The van der Waals surface area contributed by atoms with Crippen molar-refractivity contribution in [3.05, 3.63) is 28.2 Å². The van der Waals surface area contributed by atoms with Gasteiger partial charge in [0.05, 0.1) is 18.1 Å². The molecule has 1 fully saturated rings. The van der Waals surface area contributed by atoms with E-state index in [1.54, 1.807) is 30.2 Å². The lowest BCUT2D eigenvalue weighted by atomic mass is 10.2. The Bertz CT molecular complexity index is 513. The molecule has 0 spiro atoms. The fourth-order valence-electron chi connectivity index (χ4n) is 2.14. The van der Waals surface area contributed by atoms with Crippen molar-refractivity contribution in [2.45, 2.75) is 12.8 Å². The van der Waals surface area contributed by atoms with E-state index < -0.39 is 0 Å². The van der Waals surface area contributed by atoms with E-state index in [0.29, 0.717) is 15.8 Å². The number of carbonyl (C=O) groups is 2. The molecule has 1 aliphatic heterocycles. The van der Waals surface area contributed by atoms with E-state index in [0.717, 1.165) is 25.9 Å². The minimum Gasteiger partial charge on any atom is -0.496 e. The fraction of sp³-hybridized carbons (Fsp3) is 0.429. The van der Waals surface area contributed by atoms with Gasteiger partial charge in [0.2, 0.25) is 5.91 Å². The molecular weight excluding hydrogens is 324 g/mol. The number of hydrogen-bond acceptors (Lipinski definition) is 3. The molecule has 1 aromatic carbocycles. The molecule has 0 unspecified atom stereocenters. The maximum atomic E-state index is 12.0. The van der Waals surface area contributed by atoms with Crippen LogP contribution < -0.4 is 10.1 Å². The van der Waals surface area contributed by atoms with Gasteiger partial charge in [-0.1, -0.05) is 0 Å². The third-order valence-corrected chi connectivity index (χ3v) is 3.89. The van der Waals surface area contributed by atoms with Crippen molar-refractivity contribution >= 4 is 27.7 Å². The molecule has 1 saturated heterocycles. The van der Waals surface area contributed by atoms with Crippen molar-refractivity contribution in [3.8, 4) is 5.75 Å². The van der Waals surface area contributed by atoms with E-state index in [9.17, 15) is 9.59 Å². The lowest BCUT2D eigenvalue weighted by Gasteiger charge is -2.15. The Morgan fingerprint density at radius 1 is 1.35 bits per heavy atom. The maximum absolute atomic E-state index is 12.0. The topological polar surface area (TPSA) is 58.6 Å². The van der Waals surface area contributed by atoms with Crippen molar-refractivity contribution in [2.24, 2.45) is 0 Å². The number of amides is 2. The number of likely N-dealkylation sites (tertiary alicyclic amines) is 1. The molecule has 1 heterocycles. The zero-order chi connectivity index (χ0) is 14.5. The Hall–Kier alpha value is -1.56. The second-order valence-corrected chi connectivity index (χ2v) is 5.47. The van der Waals surface area contributed by atoms with Crippen LogP contribution >= 0.6 is 15.9 Å². The zero-order valence-corrected chi connectivity index (χ0v) is 12.9. The Morgan fingerprint density at radius 2 is 2.05 bits per heavy atom. The van der Waals surface area contributed by atoms with Gasteiger partial charge in [0.1, 0.15) is 5.75 Å². The molecule has 1 aromatic rings. The minimum absolute atomic E-state index is 0.0246. The average Bonchev–Trinajstić information content (AvgIpc) is 2.98. The number of nitrogens with one attached hydrogen (secondary N) is 1. The molecule has 0 atom stereocenters. The highest BCUT2D eigenvalue weighted by Crippen LogP contribution is 2.25. The van der Waals surface area contributed by atoms with Gasteiger partial charge in [0.25, 0.3) is 5.91 Å². The molecule has 2 amide bonds. The molecule has 1 aliphatic rings. The summed E-state index contributed by atoms with van der Waals surface area (Å²) in [5.41, 5.74) is 0.492. The number of benzene rings is 1. The molecule has 0 bridgehead atoms. The summed E-state index contributed by atoms with van der Waals surface area (Å²) in [6.07, 6.45) is 2.09. The van der Waals surface area contributed by atoms with Crippen LogP contribution in [0.4, 0.5) is 0 Å². The Labute approximate surface area is 126 Å². The first-order valence-corrected chi connectivity index (χ1v) is 7.30. The number of methoxy groups -OCH3 is 1. The van der Waals surface area contributed by atoms with E-state index >= 15 is 0 Å². The first-order chi connectivity index (χ1) is 9.61. The highest BCUT2D eigenvalue weighted by Gasteiger charge is 2.18. The van der Waals surface area contributed by atoms with Gasteiger partial charge in [0, 0.05) is 18.7 Å². The summed E-state index contributed by atoms with van der Waals surface area (Å²) in [4.78, 5) is 25.6. The molecule has 2 rings (SSSR count). The summed E-state index contributed by atoms with van der Waals surface area (Å²) in [5, 5.41) is 2.65. The van der Waals surface area contributed by atoms with Crippen molar-refractivity contribution in [3.63, 3.8) is 0 Å². The van der Waals surface area contributed by atoms with Gasteiger partial charge in [-0.3, -0.25) is 9.59 Å². The van der Waals surface area contributed by atoms with E-state index in [4.69, 9.17) is 4.74 Å². The molecule has 0 aliphatic carbocycles. The Balaban J connectivity index is 1.91. The lowest BCUT2D eigenvalue weighted by Crippen LogP contribution is -2.38. The predicted octanol–water partition coefficient (Wildman–Crippen LogP) is 1.81. The van der Waals surface area contributed by atoms with Crippen molar-refractivity contribution in [1.82, 2.24) is 10.2 Å². The zero-order valence-electron chi connectivity index (χ0n) is 11.3. The lowest BCUT2D eigenvalue weighted by molar-refractivity contribution is -0.129. The monoisotopic (exact) mass is 340 g/mol. The van der Waals surface area contributed by atoms with Crippen molar-refractivity contribution < 1.29 is 14.3 Å². The van der Waals surface area contributed by atoms with Crippen LogP contribution in [0.2, 0.25) is 0 Å². The van der Waals surface area contributed by atoms with E-state index in [1.807, 2.05) is 0 Å². The van der Waals surface area contributed by atoms with Crippen LogP contribution in [0.15, 0.2) is 22.7 Å². The highest BCUT2D eigenvalue weighted by molar-refractivity contribution is 9.10. The molecule has 1 N–H and O–H groups in total. The molecule has 5 nitrogen and oxygen atoms in total. The quantitative estimate of drug-likeness (QED) is 0.909. The minimum atomic E-state index is -0.263. The van der Waals surface area contributed by atoms with Gasteiger partial charge in [-0.2, -0.15) is 0 Å². The summed E-state index contributed by atoms with van der Waals surface area (Å²) in [7, 11) is 1.56. The molecular formula is C14H17BrN2O3. The molecule has 108 valence electrons. The highest BCUT2D eigenvalue weighted by atomic mass is 79.9. The number of nitrogens with zero attached hydrogens (tertiary/aromatic N) is 1. The second-order valence-electron chi connectivity index (χ2n) is 4.62. The predicted molar refractivity (Wildman–Crippen MR) is 78.8 cm³/mol. The molecule has 0 saturated carbocycles. The first kappa shape index (κ1) is 14.8. The number of halogens is 1. The van der Waals surface area contributed by atoms with Crippen LogP contribution in [0.5, 0.6) is 5.75 Å². The van der Waals surface area contributed by atoms with Gasteiger partial charge < -0.3 is 15.0 Å². The fourth-order valence-corrected chi connectivity index (χ4v) is 2.68. The molecule has 6 heteroatoms. The van der Waals surface area contributed by atoms with Crippen LogP contribution in [0.1, 0.15) is 23.2 Å². The third kappa shape index (κ3) is 3.50. The first-order valence-electron chi connectivity index (χ1n) is 6.51. The average molecular weight is 341 g/mol. The van der Waals surface area contributed by atoms with Gasteiger partial charge in [0.15, 0.2) is 0 Å². The van der Waals surface area contributed by atoms with Gasteiger partial charge in [-0.15, -0.1) is 0 Å². The molecule has 0 aromatic heterocycles. The SMILES string of the molecule is COc1ccc(C(=O)NCC(=O)N2CCCC2)cc1Br. The van der Waals surface area contributed by atoms with Crippen LogP contribution in [0.3, 0.4) is 0 Å². The summed E-state index contributed by atoms with van der Waals surface area (Å²) in [6.45, 7) is 1.63. The van der Waals surface area contributed by atoms with Gasteiger partial charge in [-0.05, 0) is 47.0 Å². The normalized spacial score (nSPS) is 14.2. The van der Waals surface area contributed by atoms with Crippen LogP contribution in [-0.2, 0) is 4.79 Å². The molecule has 20 heavy (non-hydrogen) atoms. The number of rotatable bonds is 4. The van der Waals surface area contributed by atoms with E-state index in [-0.39, 0.29) is 18.4 Å². The maximum Gasteiger partial charge on any atom is 0.251 e. The van der Waals surface area contributed by atoms with Gasteiger partial charge in [-0.25, -0.2) is 0 Å². The number of hydrogen-bond donors (Lipinski definition) is 1. The molecule has 0 radical (unpaired) electrons. The van der Waals surface area contributed by atoms with E-state index in [1.165, 1.54) is 0 Å². The summed E-state index contributed by atoms with van der Waals surface area (Å²) in [6, 6.07) is 5.05. The van der Waals surface area contributed by atoms with Crippen LogP contribution in [0, 0.1) is 0 Å². The van der Waals surface area contributed by atoms with Crippen LogP contribution in [0.25, 0.3) is 0 Å². The van der Waals surface area contributed by atoms with Crippen molar-refractivity contribution in [1.29, 1.82) is 0 Å². The number of carbonyl (C=O) groups excluding carboxylic acids is 2. The summed E-state index contributed by atoms with van der Waals surface area (Å²) >= 11 is 3.33. The second kappa shape index (κ2) is 6.74. The van der Waals surface area contributed by atoms with E-state index in [2.05, 4.69) is 21.2 Å². The third-order valence-electron chi connectivity index (χ3n) is 3.27. The number of ether oxygens (including phenoxy) is 1. The smallest absolute Gasteiger partial charge is 0.251 e. The largest absolute Gasteiger partial charge is 0.496 e. The van der Waals surface area contributed by atoms with Gasteiger partial charge >= 0.3 is 0 Å². The summed E-state index contributed by atoms with van der Waals surface area (Å²) < 4.78 is 5.81. The van der Waals surface area contributed by atoms with Crippen molar-refractivity contribution in [2.75, 3.05) is 26.7 Å².